The van der Waals surface area contributed by atoms with E-state index in [1.807, 2.05) is 30.1 Å². The maximum Gasteiger partial charge on any atom is 0.337 e. The molecule has 27 heavy (non-hydrogen) atoms. The first-order chi connectivity index (χ1) is 12.9. The molecule has 0 spiro atoms. The second kappa shape index (κ2) is 9.27. The maximum atomic E-state index is 12.3. The smallest absolute Gasteiger partial charge is 0.337 e. The average Bonchev–Trinajstić information content (AvgIpc) is 2.60. The van der Waals surface area contributed by atoms with Crippen LogP contribution >= 0.6 is 0 Å². The highest BCUT2D eigenvalue weighted by atomic mass is 16.5. The Balaban J connectivity index is 2.24. The number of hydrogen-bond acceptors (Lipinski definition) is 6. The van der Waals surface area contributed by atoms with Crippen LogP contribution in [0.2, 0.25) is 0 Å². The number of urea groups is 1. The van der Waals surface area contributed by atoms with Crippen LogP contribution in [0.4, 0.5) is 4.79 Å². The molecule has 0 aromatic heterocycles. The first kappa shape index (κ1) is 20.6. The van der Waals surface area contributed by atoms with Gasteiger partial charge in [0.15, 0.2) is 11.5 Å². The molecule has 148 valence electrons. The molecule has 0 fully saturated rings. The molecule has 8 heteroatoms. The van der Waals surface area contributed by atoms with Crippen LogP contribution in [0.5, 0.6) is 11.5 Å². The van der Waals surface area contributed by atoms with E-state index in [2.05, 4.69) is 10.6 Å². The molecule has 1 aliphatic rings. The van der Waals surface area contributed by atoms with Crippen molar-refractivity contribution in [1.29, 1.82) is 0 Å². The second-order valence-electron chi connectivity index (χ2n) is 6.26. The number of hydrogen-bond donors (Lipinski definition) is 2. The van der Waals surface area contributed by atoms with Crippen molar-refractivity contribution in [1.82, 2.24) is 15.5 Å². The van der Waals surface area contributed by atoms with Gasteiger partial charge in [0.1, 0.15) is 0 Å². The molecule has 8 nitrogen and oxygen atoms in total. The lowest BCUT2D eigenvalue weighted by Gasteiger charge is -2.29. The molecule has 1 unspecified atom stereocenters. The Labute approximate surface area is 159 Å². The normalized spacial score (nSPS) is 16.7. The van der Waals surface area contributed by atoms with Gasteiger partial charge in [-0.05, 0) is 27.0 Å². The summed E-state index contributed by atoms with van der Waals surface area (Å²) < 4.78 is 15.9. The number of methoxy groups -OCH3 is 2. The van der Waals surface area contributed by atoms with Crippen LogP contribution in [-0.4, -0.2) is 57.4 Å². The van der Waals surface area contributed by atoms with E-state index in [-0.39, 0.29) is 12.6 Å². The highest BCUT2D eigenvalue weighted by Crippen LogP contribution is 2.31. The summed E-state index contributed by atoms with van der Waals surface area (Å²) in [4.78, 5) is 26.2. The van der Waals surface area contributed by atoms with Crippen molar-refractivity contribution in [3.63, 3.8) is 0 Å². The zero-order valence-corrected chi connectivity index (χ0v) is 16.4. The zero-order valence-electron chi connectivity index (χ0n) is 16.4. The van der Waals surface area contributed by atoms with Crippen LogP contribution in [-0.2, 0) is 16.1 Å². The molecule has 1 atom stereocenters. The number of nitrogens with one attached hydrogen (secondary N) is 2. The lowest BCUT2D eigenvalue weighted by molar-refractivity contribution is -0.139. The van der Waals surface area contributed by atoms with Gasteiger partial charge in [-0.15, -0.1) is 0 Å². The van der Waals surface area contributed by atoms with Crippen molar-refractivity contribution in [2.45, 2.75) is 26.4 Å². The first-order valence-corrected chi connectivity index (χ1v) is 8.77. The van der Waals surface area contributed by atoms with Crippen molar-refractivity contribution >= 4 is 12.0 Å². The lowest BCUT2D eigenvalue weighted by Crippen LogP contribution is -2.51. The predicted octanol–water partition coefficient (Wildman–Crippen LogP) is 1.65. The third-order valence-corrected chi connectivity index (χ3v) is 4.22. The number of carbonyl (C=O) groups excluding carboxylic acids is 2. The standard InChI is InChI=1S/C19H27N3O5/c1-6-27-18(23)16-12(2)20-19(24)21-14(16)11-22(3)10-13-8-7-9-15(25-4)17(13)26-5/h7-9,12H,6,10-11H2,1-5H3,(H2,20,21,24). The molecule has 1 aromatic carbocycles. The molecule has 0 aliphatic carbocycles. The molecule has 1 aromatic rings. The van der Waals surface area contributed by atoms with Crippen LogP contribution in [0, 0.1) is 0 Å². The van der Waals surface area contributed by atoms with Gasteiger partial charge < -0.3 is 24.8 Å². The molecule has 1 heterocycles. The number of esters is 1. The number of rotatable bonds is 8. The molecular weight excluding hydrogens is 350 g/mol. The number of ether oxygens (including phenoxy) is 3. The van der Waals surface area contributed by atoms with Crippen LogP contribution in [0.3, 0.4) is 0 Å². The summed E-state index contributed by atoms with van der Waals surface area (Å²) in [6, 6.07) is 4.91. The molecule has 0 radical (unpaired) electrons. The summed E-state index contributed by atoms with van der Waals surface area (Å²) in [5.41, 5.74) is 1.90. The average molecular weight is 377 g/mol. The topological polar surface area (TPSA) is 89.1 Å². The van der Waals surface area contributed by atoms with E-state index >= 15 is 0 Å². The lowest BCUT2D eigenvalue weighted by atomic mass is 10.0. The molecule has 1 aliphatic heterocycles. The van der Waals surface area contributed by atoms with Gasteiger partial charge in [-0.2, -0.15) is 0 Å². The fourth-order valence-corrected chi connectivity index (χ4v) is 3.10. The fraction of sp³-hybridized carbons (Fsp3) is 0.474. The molecular formula is C19H27N3O5. The fourth-order valence-electron chi connectivity index (χ4n) is 3.10. The van der Waals surface area contributed by atoms with Crippen LogP contribution < -0.4 is 20.1 Å². The number of likely N-dealkylation sites (N-methyl/N-ethyl adjacent to an activating group) is 1. The van der Waals surface area contributed by atoms with E-state index in [1.165, 1.54) is 0 Å². The Bertz CT molecular complexity index is 732. The Morgan fingerprint density at radius 3 is 2.59 bits per heavy atom. The summed E-state index contributed by atoms with van der Waals surface area (Å²) in [5.74, 6) is 0.882. The maximum absolute atomic E-state index is 12.3. The predicted molar refractivity (Wildman–Crippen MR) is 101 cm³/mol. The van der Waals surface area contributed by atoms with Gasteiger partial charge in [-0.1, -0.05) is 12.1 Å². The van der Waals surface area contributed by atoms with Gasteiger partial charge in [0.2, 0.25) is 0 Å². The molecule has 0 bridgehead atoms. The van der Waals surface area contributed by atoms with E-state index in [1.54, 1.807) is 28.1 Å². The quantitative estimate of drug-likeness (QED) is 0.670. The number of carbonyl (C=O) groups is 2. The van der Waals surface area contributed by atoms with Crippen molar-refractivity contribution in [2.24, 2.45) is 0 Å². The van der Waals surface area contributed by atoms with E-state index in [0.717, 1.165) is 5.56 Å². The SMILES string of the molecule is CCOC(=O)C1=C(CN(C)Cc2cccc(OC)c2OC)NC(=O)NC1C. The summed E-state index contributed by atoms with van der Waals surface area (Å²) in [7, 11) is 5.08. The molecule has 2 rings (SSSR count). The van der Waals surface area contributed by atoms with Gasteiger partial charge in [0.25, 0.3) is 0 Å². The molecule has 2 N–H and O–H groups in total. The Kier molecular flexibility index (Phi) is 7.06. The zero-order chi connectivity index (χ0) is 20.0. The third kappa shape index (κ3) is 4.91. The van der Waals surface area contributed by atoms with Crippen molar-refractivity contribution in [3.05, 3.63) is 35.0 Å². The van der Waals surface area contributed by atoms with E-state index in [4.69, 9.17) is 14.2 Å². The van der Waals surface area contributed by atoms with Crippen LogP contribution in [0.1, 0.15) is 19.4 Å². The second-order valence-corrected chi connectivity index (χ2v) is 6.26. The minimum absolute atomic E-state index is 0.271. The van der Waals surface area contributed by atoms with E-state index in [9.17, 15) is 9.59 Å². The van der Waals surface area contributed by atoms with Crippen molar-refractivity contribution < 1.29 is 23.8 Å². The Morgan fingerprint density at radius 2 is 1.96 bits per heavy atom. The summed E-state index contributed by atoms with van der Waals surface area (Å²) in [6.07, 6.45) is 0. The van der Waals surface area contributed by atoms with E-state index < -0.39 is 12.0 Å². The number of nitrogens with zero attached hydrogens (tertiary/aromatic N) is 1. The molecule has 0 saturated heterocycles. The first-order valence-electron chi connectivity index (χ1n) is 8.77. The third-order valence-electron chi connectivity index (χ3n) is 4.22. The highest BCUT2D eigenvalue weighted by molar-refractivity contribution is 5.94. The van der Waals surface area contributed by atoms with Crippen LogP contribution in [0.25, 0.3) is 0 Å². The molecule has 0 saturated carbocycles. The van der Waals surface area contributed by atoms with Crippen LogP contribution in [0.15, 0.2) is 29.5 Å². The monoisotopic (exact) mass is 377 g/mol. The van der Waals surface area contributed by atoms with Crippen molar-refractivity contribution in [2.75, 3.05) is 34.4 Å². The Morgan fingerprint density at radius 1 is 1.22 bits per heavy atom. The summed E-state index contributed by atoms with van der Waals surface area (Å²) in [5, 5.41) is 5.43. The van der Waals surface area contributed by atoms with Gasteiger partial charge >= 0.3 is 12.0 Å². The number of amides is 2. The Hall–Kier alpha value is -2.74. The van der Waals surface area contributed by atoms with Gasteiger partial charge in [0.05, 0.1) is 32.4 Å². The largest absolute Gasteiger partial charge is 0.493 e. The highest BCUT2D eigenvalue weighted by Gasteiger charge is 2.30. The molecule has 2 amide bonds. The number of para-hydroxylation sites is 1. The van der Waals surface area contributed by atoms with Crippen molar-refractivity contribution in [3.8, 4) is 11.5 Å². The summed E-state index contributed by atoms with van der Waals surface area (Å²) >= 11 is 0. The van der Waals surface area contributed by atoms with Gasteiger partial charge in [-0.25, -0.2) is 9.59 Å². The summed E-state index contributed by atoms with van der Waals surface area (Å²) in [6.45, 7) is 4.69. The van der Waals surface area contributed by atoms with E-state index in [0.29, 0.717) is 35.9 Å². The van der Waals surface area contributed by atoms with Gasteiger partial charge in [-0.3, -0.25) is 4.90 Å². The minimum Gasteiger partial charge on any atom is -0.493 e. The minimum atomic E-state index is -0.431. The number of benzene rings is 1. The van der Waals surface area contributed by atoms with Gasteiger partial charge in [0, 0.05) is 24.4 Å².